The molecule has 0 spiro atoms. The molecular weight excluding hydrogens is 1150 g/mol. The van der Waals surface area contributed by atoms with E-state index in [0.717, 1.165) is 16.5 Å². The molecule has 0 fully saturated rings. The Bertz CT molecular complexity index is 3190. The minimum atomic E-state index is -1.44. The molecule has 6 rings (SSSR count). The van der Waals surface area contributed by atoms with Crippen LogP contribution in [-0.2, 0) is 80.2 Å². The maximum absolute atomic E-state index is 15.0. The van der Waals surface area contributed by atoms with E-state index in [1.54, 1.807) is 42.7 Å². The van der Waals surface area contributed by atoms with Crippen LogP contribution in [0.5, 0.6) is 0 Å². The summed E-state index contributed by atoms with van der Waals surface area (Å²) in [6.07, 6.45) is 9.16. The van der Waals surface area contributed by atoms with Crippen LogP contribution in [0.15, 0.2) is 79.5 Å². The number of rotatable bonds is 25. The maximum Gasteiger partial charge on any atom is 0.243 e. The lowest BCUT2D eigenvalue weighted by Crippen LogP contribution is -2.61. The molecular formula is C60H85N19O10. The number of aromatic nitrogens is 6. The molecule has 29 nitrogen and oxygen atoms in total. The molecule has 3 unspecified atom stereocenters. The first kappa shape index (κ1) is 68.4. The summed E-state index contributed by atoms with van der Waals surface area (Å²) in [5.41, 5.74) is 14.3. The highest BCUT2D eigenvalue weighted by atomic mass is 16.2. The van der Waals surface area contributed by atoms with E-state index in [-0.39, 0.29) is 101 Å². The molecule has 0 saturated heterocycles. The van der Waals surface area contributed by atoms with Crippen molar-refractivity contribution < 1.29 is 47.9 Å². The Morgan fingerprint density at radius 2 is 1.37 bits per heavy atom. The third kappa shape index (κ3) is 22.8. The molecule has 0 radical (unpaired) electrons. The molecule has 0 saturated carbocycles. The number of hydrogen-bond acceptors (Lipinski definition) is 14. The third-order valence-electron chi connectivity index (χ3n) is 15.0. The molecule has 17 N–H and O–H groups in total. The van der Waals surface area contributed by atoms with Crippen molar-refractivity contribution in [2.24, 2.45) is 11.5 Å². The number of hydrogen-bond donors (Lipinski definition) is 15. The summed E-state index contributed by atoms with van der Waals surface area (Å²) in [6.45, 7) is 5.21. The van der Waals surface area contributed by atoms with Gasteiger partial charge in [-0.2, -0.15) is 0 Å². The van der Waals surface area contributed by atoms with Crippen LogP contribution in [0.3, 0.4) is 0 Å². The van der Waals surface area contributed by atoms with Gasteiger partial charge in [0.05, 0.1) is 17.7 Å². The zero-order chi connectivity index (χ0) is 64.2. The Hall–Kier alpha value is -9.70. The molecule has 1 aliphatic heterocycles. The highest BCUT2D eigenvalue weighted by Gasteiger charge is 2.36. The van der Waals surface area contributed by atoms with E-state index in [1.807, 2.05) is 31.2 Å². The topological polar surface area (TPSA) is 442 Å². The number of guanidine groups is 1. The summed E-state index contributed by atoms with van der Waals surface area (Å²) in [5, 5.41) is 44.8. The smallest absolute Gasteiger partial charge is 0.243 e. The molecule has 1 aliphatic rings. The number of nitrogens with zero attached hydrogens (tertiary/aromatic N) is 4. The lowest BCUT2D eigenvalue weighted by molar-refractivity contribution is -0.136. The minimum Gasteiger partial charge on any atom is -0.370 e. The van der Waals surface area contributed by atoms with E-state index in [9.17, 15) is 47.9 Å². The van der Waals surface area contributed by atoms with Gasteiger partial charge in [0.2, 0.25) is 59.1 Å². The molecule has 5 aromatic rings. The van der Waals surface area contributed by atoms with Crippen LogP contribution in [0.4, 0.5) is 0 Å². The fourth-order valence-corrected chi connectivity index (χ4v) is 10.3. The van der Waals surface area contributed by atoms with Gasteiger partial charge in [-0.1, -0.05) is 73.5 Å². The summed E-state index contributed by atoms with van der Waals surface area (Å²) in [5.74, 6) is -7.36. The van der Waals surface area contributed by atoms with Crippen molar-refractivity contribution in [1.29, 1.82) is 5.41 Å². The predicted molar refractivity (Wildman–Crippen MR) is 328 cm³/mol. The first-order chi connectivity index (χ1) is 42.8. The van der Waals surface area contributed by atoms with Gasteiger partial charge in [-0.05, 0) is 87.8 Å². The SMILES string of the molecule is CCCC[C@H](NC(C)=O)C(=O)NC1Cc2cn(nn2)CCCCC(C(=O)NC(CCCCNC(C)=O)C(N)=O)NC(=O)[C@H](CCc2c[nH]c3ccccc23)NC(=O)[C@@H](CCCNC(=N)N)NC(=O)[C@@H](Cc2ccccc2)NC(=O)[C@H](Cc2c[nH]cn2)NC1=O. The van der Waals surface area contributed by atoms with Crippen molar-refractivity contribution in [2.45, 2.75) is 178 Å². The van der Waals surface area contributed by atoms with E-state index in [2.05, 4.69) is 78.4 Å². The zero-order valence-corrected chi connectivity index (χ0v) is 50.6. The molecule has 480 valence electrons. The first-order valence-electron chi connectivity index (χ1n) is 30.2. The number of carbonyl (C=O) groups is 10. The number of amides is 10. The molecule has 89 heavy (non-hydrogen) atoms. The second-order valence-electron chi connectivity index (χ2n) is 22.2. The van der Waals surface area contributed by atoms with E-state index in [4.69, 9.17) is 16.9 Å². The third-order valence-corrected chi connectivity index (χ3v) is 15.0. The number of imidazole rings is 1. The number of unbranched alkanes of at least 4 members (excludes halogenated alkanes) is 2. The number of fused-ring (bicyclic) bond motifs is 3. The van der Waals surface area contributed by atoms with Gasteiger partial charge in [0.15, 0.2) is 5.96 Å². The lowest BCUT2D eigenvalue weighted by atomic mass is 10.0. The fourth-order valence-electron chi connectivity index (χ4n) is 10.3. The van der Waals surface area contributed by atoms with Gasteiger partial charge in [0, 0.05) is 82.2 Å². The molecule has 2 aromatic carbocycles. The molecule has 0 aliphatic carbocycles. The maximum atomic E-state index is 15.0. The van der Waals surface area contributed by atoms with Gasteiger partial charge in [-0.15, -0.1) is 5.10 Å². The number of benzene rings is 2. The molecule has 3 aromatic heterocycles. The van der Waals surface area contributed by atoms with Gasteiger partial charge in [0.1, 0.15) is 48.3 Å². The van der Waals surface area contributed by atoms with Gasteiger partial charge in [-0.3, -0.25) is 58.0 Å². The zero-order valence-electron chi connectivity index (χ0n) is 50.6. The van der Waals surface area contributed by atoms with Gasteiger partial charge < -0.3 is 74.6 Å². The highest BCUT2D eigenvalue weighted by molar-refractivity contribution is 5.98. The minimum absolute atomic E-state index is 0.00776. The van der Waals surface area contributed by atoms with Crippen molar-refractivity contribution in [3.8, 4) is 0 Å². The fraction of sp³-hybridized carbons (Fsp3) is 0.500. The van der Waals surface area contributed by atoms with E-state index < -0.39 is 101 Å². The lowest BCUT2D eigenvalue weighted by Gasteiger charge is -2.28. The summed E-state index contributed by atoms with van der Waals surface area (Å²) >= 11 is 0. The molecule has 10 amide bonds. The number of carbonyl (C=O) groups excluding carboxylic acids is 10. The molecule has 2 bridgehead atoms. The van der Waals surface area contributed by atoms with Crippen molar-refractivity contribution in [3.05, 3.63) is 102 Å². The highest BCUT2D eigenvalue weighted by Crippen LogP contribution is 2.21. The van der Waals surface area contributed by atoms with Gasteiger partial charge >= 0.3 is 0 Å². The summed E-state index contributed by atoms with van der Waals surface area (Å²) in [4.78, 5) is 150. The molecule has 8 atom stereocenters. The van der Waals surface area contributed by atoms with Gasteiger partial charge in [-0.25, -0.2) is 4.98 Å². The van der Waals surface area contributed by atoms with E-state index in [0.29, 0.717) is 49.9 Å². The summed E-state index contributed by atoms with van der Waals surface area (Å²) in [7, 11) is 0. The summed E-state index contributed by atoms with van der Waals surface area (Å²) in [6, 6.07) is 5.73. The van der Waals surface area contributed by atoms with E-state index in [1.165, 1.54) is 31.1 Å². The van der Waals surface area contributed by atoms with Crippen LogP contribution in [-0.4, -0.2) is 156 Å². The summed E-state index contributed by atoms with van der Waals surface area (Å²) < 4.78 is 1.50. The standard InChI is InChI=1S/C60H85N19O10/c1-4-5-19-45(69-37(3)81)53(83)75-51-31-41-34-79(78-77-41)28-14-12-22-46(54(84)70-44(52(61)82)21-11-13-26-65-36(2)80)71-56(86)48(25-24-39-32-67-43-20-10-9-18-42(39)43)73-55(85)47(23-15-27-66-60(62)63)72-57(87)49(29-38-16-7-6-8-17-38)74-58(88)50(76-59(51)89)30-40-33-64-35-68-40/h6-10,16-18,20,32-35,44-51,67H,4-5,11-15,19,21-31H2,1-3H3,(H2,61,82)(H,64,68)(H,65,80)(H,69,81)(H,70,84)(H,71,86)(H,72,87)(H,73,85)(H,74,88)(H,75,83)(H,76,89)(H4,62,63,66)/t44?,45-,46?,47+,48-,49+,50-,51?/m0/s1. The Balaban J connectivity index is 1.41. The average Bonchev–Trinajstić information content (AvgIpc) is 3.91. The average molecular weight is 1230 g/mol. The monoisotopic (exact) mass is 1230 g/mol. The van der Waals surface area contributed by atoms with Crippen LogP contribution in [0.2, 0.25) is 0 Å². The number of primary amides is 1. The van der Waals surface area contributed by atoms with Crippen LogP contribution < -0.4 is 64.6 Å². The number of H-pyrrole nitrogens is 2. The quantitative estimate of drug-likeness (QED) is 0.0198. The van der Waals surface area contributed by atoms with Crippen LogP contribution in [0.1, 0.15) is 120 Å². The van der Waals surface area contributed by atoms with Crippen molar-refractivity contribution in [1.82, 2.24) is 83.1 Å². The molecule has 29 heteroatoms. The Labute approximate surface area is 515 Å². The van der Waals surface area contributed by atoms with E-state index >= 15 is 0 Å². The van der Waals surface area contributed by atoms with Crippen LogP contribution in [0.25, 0.3) is 10.9 Å². The Kier molecular flexibility index (Phi) is 27.1. The second-order valence-corrected chi connectivity index (χ2v) is 22.2. The Morgan fingerprint density at radius 1 is 0.708 bits per heavy atom. The largest absolute Gasteiger partial charge is 0.370 e. The Morgan fingerprint density at radius 3 is 2.07 bits per heavy atom. The van der Waals surface area contributed by atoms with Crippen molar-refractivity contribution in [3.63, 3.8) is 0 Å². The number of nitrogens with two attached hydrogens (primary N) is 2. The molecule has 4 heterocycles. The first-order valence-corrected chi connectivity index (χ1v) is 30.2. The van der Waals surface area contributed by atoms with Crippen molar-refractivity contribution in [2.75, 3.05) is 13.1 Å². The second kappa shape index (κ2) is 35.2. The number of aromatic amines is 2. The number of nitrogens with one attached hydrogen (secondary N) is 13. The van der Waals surface area contributed by atoms with Crippen LogP contribution >= 0.6 is 0 Å². The van der Waals surface area contributed by atoms with Gasteiger partial charge in [0.25, 0.3) is 0 Å². The van der Waals surface area contributed by atoms with Crippen molar-refractivity contribution >= 4 is 75.9 Å². The number of aryl methyl sites for hydroxylation is 2. The predicted octanol–water partition coefficient (Wildman–Crippen LogP) is -0.529. The normalized spacial score (nSPS) is 19.7. The number of para-hydroxylation sites is 1. The van der Waals surface area contributed by atoms with Crippen LogP contribution in [0, 0.1) is 5.41 Å².